The lowest BCUT2D eigenvalue weighted by Crippen LogP contribution is -2.01. The molecule has 0 atom stereocenters. The number of aromatic carboxylic acids is 1. The van der Waals surface area contributed by atoms with E-state index >= 15 is 0 Å². The molecule has 1 aromatic carbocycles. The average molecular weight is 198 g/mol. The molecule has 0 amide bonds. The number of aromatic nitrogens is 1. The van der Waals surface area contributed by atoms with Crippen LogP contribution in [0.1, 0.15) is 16.1 Å². The molecule has 0 fully saturated rings. The Bertz CT molecular complexity index is 585. The zero-order chi connectivity index (χ0) is 10.8. The summed E-state index contributed by atoms with van der Waals surface area (Å²) < 4.78 is 0. The van der Waals surface area contributed by atoms with Gasteiger partial charge in [0, 0.05) is 5.39 Å². The topological polar surface area (TPSA) is 74.0 Å². The van der Waals surface area contributed by atoms with Crippen LogP contribution in [0.25, 0.3) is 10.9 Å². The summed E-state index contributed by atoms with van der Waals surface area (Å²) in [7, 11) is 0. The lowest BCUT2D eigenvalue weighted by molar-refractivity contribution is 0.0691. The maximum Gasteiger partial charge on any atom is 0.354 e. The first-order valence-corrected chi connectivity index (χ1v) is 4.25. The predicted molar refractivity (Wildman–Crippen MR) is 53.4 cm³/mol. The minimum atomic E-state index is -1.13. The summed E-state index contributed by atoms with van der Waals surface area (Å²) in [6.07, 6.45) is 0. The van der Waals surface area contributed by atoms with Crippen molar-refractivity contribution in [2.45, 2.75) is 0 Å². The molecule has 0 saturated heterocycles. The Kier molecular flexibility index (Phi) is 2.07. The van der Waals surface area contributed by atoms with E-state index in [1.165, 1.54) is 6.07 Å². The zero-order valence-corrected chi connectivity index (χ0v) is 7.64. The van der Waals surface area contributed by atoms with Crippen molar-refractivity contribution in [2.75, 3.05) is 0 Å². The normalized spacial score (nSPS) is 9.80. The van der Waals surface area contributed by atoms with Crippen molar-refractivity contribution in [2.24, 2.45) is 0 Å². The molecule has 0 unspecified atom stereocenters. The number of carboxylic acids is 1. The van der Waals surface area contributed by atoms with E-state index in [9.17, 15) is 4.79 Å². The summed E-state index contributed by atoms with van der Waals surface area (Å²) in [5.41, 5.74) is 0.747. The van der Waals surface area contributed by atoms with Gasteiger partial charge in [-0.2, -0.15) is 5.26 Å². The number of carbonyl (C=O) groups is 1. The van der Waals surface area contributed by atoms with Crippen LogP contribution in [0.4, 0.5) is 0 Å². The summed E-state index contributed by atoms with van der Waals surface area (Å²) in [6.45, 7) is 0. The van der Waals surface area contributed by atoms with Gasteiger partial charge in [-0.3, -0.25) is 0 Å². The largest absolute Gasteiger partial charge is 0.477 e. The predicted octanol–water partition coefficient (Wildman–Crippen LogP) is 1.80. The van der Waals surface area contributed by atoms with Crippen LogP contribution in [0.3, 0.4) is 0 Å². The number of benzene rings is 1. The summed E-state index contributed by atoms with van der Waals surface area (Å²) in [4.78, 5) is 14.7. The maximum atomic E-state index is 10.7. The molecule has 0 bridgehead atoms. The highest BCUT2D eigenvalue weighted by molar-refractivity contribution is 5.92. The fraction of sp³-hybridized carbons (Fsp3) is 0. The van der Waals surface area contributed by atoms with Gasteiger partial charge in [-0.15, -0.1) is 0 Å². The zero-order valence-electron chi connectivity index (χ0n) is 7.64. The lowest BCUT2D eigenvalue weighted by atomic mass is 10.1. The standard InChI is InChI=1S/C11H6N2O2/c12-6-7-5-10(11(14)15)13-9-4-2-1-3-8(7)9/h1-5H,(H,14,15). The minimum absolute atomic E-state index is 0.106. The van der Waals surface area contributed by atoms with Crippen LogP contribution >= 0.6 is 0 Å². The van der Waals surface area contributed by atoms with Crippen molar-refractivity contribution >= 4 is 16.9 Å². The molecular formula is C11H6N2O2. The highest BCUT2D eigenvalue weighted by atomic mass is 16.4. The first-order valence-electron chi connectivity index (χ1n) is 4.25. The lowest BCUT2D eigenvalue weighted by Gasteiger charge is -2.00. The second kappa shape index (κ2) is 3.39. The van der Waals surface area contributed by atoms with Gasteiger partial charge < -0.3 is 5.11 Å². The Morgan fingerprint density at radius 3 is 2.80 bits per heavy atom. The third kappa shape index (κ3) is 1.51. The van der Waals surface area contributed by atoms with E-state index in [2.05, 4.69) is 4.98 Å². The van der Waals surface area contributed by atoms with E-state index in [-0.39, 0.29) is 5.69 Å². The van der Waals surface area contributed by atoms with Crippen LogP contribution in [0.2, 0.25) is 0 Å². The molecule has 1 N–H and O–H groups in total. The fourth-order valence-electron chi connectivity index (χ4n) is 1.38. The van der Waals surface area contributed by atoms with Crippen molar-refractivity contribution in [3.63, 3.8) is 0 Å². The third-order valence-corrected chi connectivity index (χ3v) is 2.06. The number of carboxylic acid groups (broad SMARTS) is 1. The highest BCUT2D eigenvalue weighted by Gasteiger charge is 2.09. The van der Waals surface area contributed by atoms with Gasteiger partial charge in [0.1, 0.15) is 5.69 Å². The first kappa shape index (κ1) is 9.16. The van der Waals surface area contributed by atoms with Gasteiger partial charge in [-0.25, -0.2) is 9.78 Å². The highest BCUT2D eigenvalue weighted by Crippen LogP contribution is 2.17. The van der Waals surface area contributed by atoms with Gasteiger partial charge in [0.05, 0.1) is 17.1 Å². The van der Waals surface area contributed by atoms with E-state index in [4.69, 9.17) is 10.4 Å². The minimum Gasteiger partial charge on any atom is -0.477 e. The van der Waals surface area contributed by atoms with Crippen LogP contribution in [0.15, 0.2) is 30.3 Å². The van der Waals surface area contributed by atoms with E-state index < -0.39 is 5.97 Å². The van der Waals surface area contributed by atoms with Gasteiger partial charge >= 0.3 is 5.97 Å². The van der Waals surface area contributed by atoms with Crippen LogP contribution in [-0.2, 0) is 0 Å². The van der Waals surface area contributed by atoms with E-state index in [1.807, 2.05) is 6.07 Å². The summed E-state index contributed by atoms with van der Waals surface area (Å²) in [6, 6.07) is 10.2. The molecule has 0 radical (unpaired) electrons. The Hall–Kier alpha value is -2.41. The summed E-state index contributed by atoms with van der Waals surface area (Å²) >= 11 is 0. The number of rotatable bonds is 1. The molecule has 1 heterocycles. The molecular weight excluding hydrogens is 192 g/mol. The van der Waals surface area contributed by atoms with Crippen molar-refractivity contribution in [3.8, 4) is 6.07 Å². The number of pyridine rings is 1. The number of nitrogens with zero attached hydrogens (tertiary/aromatic N) is 2. The van der Waals surface area contributed by atoms with Crippen molar-refractivity contribution < 1.29 is 9.90 Å². The number of para-hydroxylation sites is 1. The van der Waals surface area contributed by atoms with Crippen LogP contribution in [0, 0.1) is 11.3 Å². The van der Waals surface area contributed by atoms with Gasteiger partial charge in [0.2, 0.25) is 0 Å². The monoisotopic (exact) mass is 198 g/mol. The molecule has 0 saturated carbocycles. The van der Waals surface area contributed by atoms with Gasteiger partial charge in [0.25, 0.3) is 0 Å². The van der Waals surface area contributed by atoms with E-state index in [1.54, 1.807) is 24.3 Å². The Morgan fingerprint density at radius 2 is 2.13 bits per heavy atom. The van der Waals surface area contributed by atoms with Gasteiger partial charge in [-0.05, 0) is 12.1 Å². The molecule has 0 spiro atoms. The SMILES string of the molecule is N#Cc1cc(C(=O)O)nc2ccccc12. The molecule has 2 aromatic rings. The average Bonchev–Trinajstić information content (AvgIpc) is 2.27. The summed E-state index contributed by atoms with van der Waals surface area (Å²) in [5, 5.41) is 18.3. The molecule has 15 heavy (non-hydrogen) atoms. The number of hydrogen-bond acceptors (Lipinski definition) is 3. The first-order chi connectivity index (χ1) is 7.22. The molecule has 0 aliphatic heterocycles. The number of fused-ring (bicyclic) bond motifs is 1. The van der Waals surface area contributed by atoms with E-state index in [0.29, 0.717) is 16.5 Å². The van der Waals surface area contributed by atoms with Crippen molar-refractivity contribution in [1.82, 2.24) is 4.98 Å². The molecule has 72 valence electrons. The number of hydrogen-bond donors (Lipinski definition) is 1. The second-order valence-electron chi connectivity index (χ2n) is 2.99. The van der Waals surface area contributed by atoms with Crippen LogP contribution < -0.4 is 0 Å². The molecule has 1 aromatic heterocycles. The molecule has 4 nitrogen and oxygen atoms in total. The number of nitriles is 1. The van der Waals surface area contributed by atoms with Crippen LogP contribution in [-0.4, -0.2) is 16.1 Å². The van der Waals surface area contributed by atoms with E-state index in [0.717, 1.165) is 0 Å². The Balaban J connectivity index is 2.84. The van der Waals surface area contributed by atoms with Gasteiger partial charge in [-0.1, -0.05) is 18.2 Å². The molecule has 0 aliphatic rings. The summed E-state index contributed by atoms with van der Waals surface area (Å²) in [5.74, 6) is -1.13. The second-order valence-corrected chi connectivity index (χ2v) is 2.99. The fourth-order valence-corrected chi connectivity index (χ4v) is 1.38. The maximum absolute atomic E-state index is 10.7. The third-order valence-electron chi connectivity index (χ3n) is 2.06. The Labute approximate surface area is 85.4 Å². The Morgan fingerprint density at radius 1 is 1.40 bits per heavy atom. The smallest absolute Gasteiger partial charge is 0.354 e. The molecule has 4 heteroatoms. The quantitative estimate of drug-likeness (QED) is 0.758. The molecule has 0 aliphatic carbocycles. The van der Waals surface area contributed by atoms with Gasteiger partial charge in [0.15, 0.2) is 0 Å². The van der Waals surface area contributed by atoms with Crippen molar-refractivity contribution in [3.05, 3.63) is 41.6 Å². The van der Waals surface area contributed by atoms with Crippen molar-refractivity contribution in [1.29, 1.82) is 5.26 Å². The molecule has 2 rings (SSSR count). The van der Waals surface area contributed by atoms with Crippen LogP contribution in [0.5, 0.6) is 0 Å².